The Morgan fingerprint density at radius 2 is 2.05 bits per heavy atom. The van der Waals surface area contributed by atoms with Gasteiger partial charge in [0.15, 0.2) is 0 Å². The number of unbranched alkanes of at least 4 members (excludes halogenated alkanes) is 2. The van der Waals surface area contributed by atoms with Gasteiger partial charge in [0.05, 0.1) is 0 Å². The van der Waals surface area contributed by atoms with Gasteiger partial charge >= 0.3 is 0 Å². The van der Waals surface area contributed by atoms with Crippen molar-refractivity contribution in [1.82, 2.24) is 15.5 Å². The molecule has 19 heavy (non-hydrogen) atoms. The number of hydrogen-bond acceptors (Lipinski definition) is 3. The molecule has 0 aromatic heterocycles. The first-order valence-corrected chi connectivity index (χ1v) is 6.86. The van der Waals surface area contributed by atoms with Gasteiger partial charge in [-0.1, -0.05) is 6.42 Å². The molecule has 1 aliphatic rings. The van der Waals surface area contributed by atoms with Crippen LogP contribution in [0.5, 0.6) is 0 Å². The summed E-state index contributed by atoms with van der Waals surface area (Å²) < 4.78 is 0. The number of amides is 2. The van der Waals surface area contributed by atoms with Crippen molar-refractivity contribution in [3.63, 3.8) is 0 Å². The molecule has 0 aromatic carbocycles. The van der Waals surface area contributed by atoms with Crippen molar-refractivity contribution < 1.29 is 9.59 Å². The van der Waals surface area contributed by atoms with Crippen LogP contribution in [0.4, 0.5) is 0 Å². The zero-order chi connectivity index (χ0) is 13.4. The molecule has 1 unspecified atom stereocenters. The van der Waals surface area contributed by atoms with Crippen LogP contribution in [0.1, 0.15) is 39.5 Å². The molecule has 0 bridgehead atoms. The highest BCUT2D eigenvalue weighted by atomic mass is 35.5. The molecule has 112 valence electrons. The number of carbonyl (C=O) groups excluding carboxylic acids is 2. The second-order valence-electron chi connectivity index (χ2n) is 4.93. The number of rotatable bonds is 6. The smallest absolute Gasteiger partial charge is 0.222 e. The molecule has 1 heterocycles. The summed E-state index contributed by atoms with van der Waals surface area (Å²) in [5.41, 5.74) is 0. The Morgan fingerprint density at radius 1 is 1.32 bits per heavy atom. The lowest BCUT2D eigenvalue weighted by atomic mass is 10.1. The summed E-state index contributed by atoms with van der Waals surface area (Å²) in [6.07, 6.45) is 3.48. The van der Waals surface area contributed by atoms with E-state index in [-0.39, 0.29) is 24.2 Å². The summed E-state index contributed by atoms with van der Waals surface area (Å²) in [6.45, 7) is 6.95. The maximum atomic E-state index is 12.0. The van der Waals surface area contributed by atoms with Crippen LogP contribution in [0.25, 0.3) is 0 Å². The van der Waals surface area contributed by atoms with E-state index in [9.17, 15) is 9.59 Å². The van der Waals surface area contributed by atoms with Crippen LogP contribution in [0, 0.1) is 0 Å². The third-order valence-corrected chi connectivity index (χ3v) is 3.26. The molecule has 1 saturated heterocycles. The van der Waals surface area contributed by atoms with Crippen molar-refractivity contribution in [3.05, 3.63) is 0 Å². The van der Waals surface area contributed by atoms with Gasteiger partial charge in [0.2, 0.25) is 11.8 Å². The van der Waals surface area contributed by atoms with E-state index in [1.165, 1.54) is 6.92 Å². The van der Waals surface area contributed by atoms with Crippen LogP contribution in [-0.2, 0) is 9.59 Å². The fraction of sp³-hybridized carbons (Fsp3) is 0.846. The Balaban J connectivity index is 0.00000324. The number of nitrogens with zero attached hydrogens (tertiary/aromatic N) is 1. The maximum absolute atomic E-state index is 12.0. The number of halogens is 1. The molecule has 5 nitrogen and oxygen atoms in total. The highest BCUT2D eigenvalue weighted by Crippen LogP contribution is 2.08. The fourth-order valence-corrected chi connectivity index (χ4v) is 2.20. The predicted octanol–water partition coefficient (Wildman–Crippen LogP) is 0.925. The minimum absolute atomic E-state index is 0. The Morgan fingerprint density at radius 3 is 2.68 bits per heavy atom. The lowest BCUT2D eigenvalue weighted by molar-refractivity contribution is -0.134. The van der Waals surface area contributed by atoms with E-state index in [2.05, 4.69) is 17.6 Å². The van der Waals surface area contributed by atoms with E-state index < -0.39 is 0 Å². The van der Waals surface area contributed by atoms with Gasteiger partial charge in [0, 0.05) is 45.6 Å². The van der Waals surface area contributed by atoms with Crippen molar-refractivity contribution in [2.75, 3.05) is 26.2 Å². The summed E-state index contributed by atoms with van der Waals surface area (Å²) >= 11 is 0. The van der Waals surface area contributed by atoms with Gasteiger partial charge in [0.25, 0.3) is 0 Å². The first-order valence-electron chi connectivity index (χ1n) is 6.86. The van der Waals surface area contributed by atoms with Crippen molar-refractivity contribution in [2.24, 2.45) is 0 Å². The fourth-order valence-electron chi connectivity index (χ4n) is 2.20. The Bertz CT molecular complexity index is 287. The van der Waals surface area contributed by atoms with E-state index in [0.717, 1.165) is 38.9 Å². The monoisotopic (exact) mass is 291 g/mol. The molecule has 0 spiro atoms. The van der Waals surface area contributed by atoms with E-state index >= 15 is 0 Å². The van der Waals surface area contributed by atoms with Gasteiger partial charge in [-0.3, -0.25) is 9.59 Å². The van der Waals surface area contributed by atoms with E-state index in [4.69, 9.17) is 0 Å². The van der Waals surface area contributed by atoms with Crippen LogP contribution in [0.15, 0.2) is 0 Å². The normalized spacial score (nSPS) is 18.6. The molecule has 1 fully saturated rings. The quantitative estimate of drug-likeness (QED) is 0.716. The minimum atomic E-state index is 0. The topological polar surface area (TPSA) is 61.4 Å². The molecule has 1 rings (SSSR count). The molecule has 0 aliphatic carbocycles. The predicted molar refractivity (Wildman–Crippen MR) is 78.4 cm³/mol. The maximum Gasteiger partial charge on any atom is 0.222 e. The summed E-state index contributed by atoms with van der Waals surface area (Å²) in [6, 6.07) is 0.311. The van der Waals surface area contributed by atoms with Crippen LogP contribution in [0.3, 0.4) is 0 Å². The van der Waals surface area contributed by atoms with E-state index in [0.29, 0.717) is 19.0 Å². The number of piperazine rings is 1. The third-order valence-electron chi connectivity index (χ3n) is 3.26. The van der Waals surface area contributed by atoms with Crippen molar-refractivity contribution >= 4 is 24.2 Å². The molecule has 2 amide bonds. The molecule has 0 radical (unpaired) electrons. The first kappa shape index (κ1) is 18.2. The van der Waals surface area contributed by atoms with Gasteiger partial charge in [-0.2, -0.15) is 0 Å². The second-order valence-corrected chi connectivity index (χ2v) is 4.93. The van der Waals surface area contributed by atoms with Crippen LogP contribution < -0.4 is 10.6 Å². The average molecular weight is 292 g/mol. The Labute approximate surface area is 121 Å². The molecular formula is C13H26ClN3O2. The van der Waals surface area contributed by atoms with Crippen molar-refractivity contribution in [1.29, 1.82) is 0 Å². The molecule has 1 atom stereocenters. The molecule has 0 aromatic rings. The molecule has 1 aliphatic heterocycles. The van der Waals surface area contributed by atoms with Crippen LogP contribution in [-0.4, -0.2) is 48.9 Å². The van der Waals surface area contributed by atoms with Gasteiger partial charge in [-0.15, -0.1) is 12.4 Å². The third kappa shape index (κ3) is 7.38. The number of hydrogen-bond donors (Lipinski definition) is 2. The summed E-state index contributed by atoms with van der Waals surface area (Å²) in [4.78, 5) is 24.6. The zero-order valence-electron chi connectivity index (χ0n) is 11.9. The largest absolute Gasteiger partial charge is 0.356 e. The SMILES string of the molecule is CC(=O)NCCCCCC(=O)N1CCNCC1C.Cl. The van der Waals surface area contributed by atoms with Crippen LogP contribution in [0.2, 0.25) is 0 Å². The van der Waals surface area contributed by atoms with Crippen LogP contribution >= 0.6 is 12.4 Å². The summed E-state index contributed by atoms with van der Waals surface area (Å²) in [5.74, 6) is 0.282. The minimum Gasteiger partial charge on any atom is -0.356 e. The zero-order valence-corrected chi connectivity index (χ0v) is 12.7. The van der Waals surface area contributed by atoms with Gasteiger partial charge in [-0.05, 0) is 19.8 Å². The van der Waals surface area contributed by atoms with Crippen molar-refractivity contribution in [2.45, 2.75) is 45.6 Å². The number of carbonyl (C=O) groups is 2. The van der Waals surface area contributed by atoms with Crippen molar-refractivity contribution in [3.8, 4) is 0 Å². The second kappa shape index (κ2) is 10.0. The number of nitrogens with one attached hydrogen (secondary N) is 2. The average Bonchev–Trinajstić information content (AvgIpc) is 2.33. The summed E-state index contributed by atoms with van der Waals surface area (Å²) in [5, 5.41) is 6.04. The Hall–Kier alpha value is -0.810. The van der Waals surface area contributed by atoms with Gasteiger partial charge in [-0.25, -0.2) is 0 Å². The molecular weight excluding hydrogens is 266 g/mol. The molecule has 6 heteroatoms. The highest BCUT2D eigenvalue weighted by molar-refractivity contribution is 5.85. The van der Waals surface area contributed by atoms with Gasteiger partial charge in [0.1, 0.15) is 0 Å². The standard InChI is InChI=1S/C13H25N3O2.ClH/c1-11-10-14-8-9-16(11)13(18)6-4-3-5-7-15-12(2)17;/h11,14H,3-10H2,1-2H3,(H,15,17);1H. The lowest BCUT2D eigenvalue weighted by Crippen LogP contribution is -2.52. The lowest BCUT2D eigenvalue weighted by Gasteiger charge is -2.34. The summed E-state index contributed by atoms with van der Waals surface area (Å²) in [7, 11) is 0. The molecule has 2 N–H and O–H groups in total. The highest BCUT2D eigenvalue weighted by Gasteiger charge is 2.21. The Kier molecular flexibility index (Phi) is 9.61. The first-order chi connectivity index (χ1) is 8.61. The molecule has 0 saturated carbocycles. The van der Waals surface area contributed by atoms with Gasteiger partial charge < -0.3 is 15.5 Å². The van der Waals surface area contributed by atoms with E-state index in [1.807, 2.05) is 4.90 Å². The van der Waals surface area contributed by atoms with E-state index in [1.54, 1.807) is 0 Å².